The first-order chi connectivity index (χ1) is 16.0. The summed E-state index contributed by atoms with van der Waals surface area (Å²) in [6.45, 7) is 3.54. The lowest BCUT2D eigenvalue weighted by Gasteiger charge is -2.12. The van der Waals surface area contributed by atoms with E-state index in [1.54, 1.807) is 19.1 Å². The summed E-state index contributed by atoms with van der Waals surface area (Å²) in [7, 11) is 0. The van der Waals surface area contributed by atoms with Crippen LogP contribution in [0.25, 0.3) is 0 Å². The second kappa shape index (κ2) is 12.4. The van der Waals surface area contributed by atoms with Crippen LogP contribution < -0.4 is 21.7 Å². The minimum Gasteiger partial charge on any atom is -0.354 e. The molecular weight excluding hydrogens is 421 g/mol. The van der Waals surface area contributed by atoms with E-state index in [0.29, 0.717) is 48.7 Å². The molecule has 3 aromatic rings. The maximum absolute atomic E-state index is 13.5. The maximum Gasteiger partial charge on any atom is 0.233 e. The molecule has 8 nitrogen and oxygen atoms in total. The molecule has 0 saturated heterocycles. The molecule has 2 aromatic carbocycles. The van der Waals surface area contributed by atoms with Gasteiger partial charge in [-0.05, 0) is 56.5 Å². The summed E-state index contributed by atoms with van der Waals surface area (Å²) in [5, 5.41) is 9.47. The van der Waals surface area contributed by atoms with Crippen LogP contribution in [0.3, 0.4) is 0 Å². The van der Waals surface area contributed by atoms with Crippen molar-refractivity contribution in [2.75, 3.05) is 35.6 Å². The van der Waals surface area contributed by atoms with E-state index in [9.17, 15) is 9.18 Å². The molecule has 0 amide bonds. The van der Waals surface area contributed by atoms with Crippen LogP contribution in [0.2, 0.25) is 0 Å². The molecule has 0 atom stereocenters. The molecule has 3 rings (SSSR count). The van der Waals surface area contributed by atoms with E-state index in [4.69, 9.17) is 5.73 Å². The number of benzene rings is 2. The van der Waals surface area contributed by atoms with Gasteiger partial charge in [0.25, 0.3) is 0 Å². The minimum atomic E-state index is -0.346. The van der Waals surface area contributed by atoms with Gasteiger partial charge >= 0.3 is 0 Å². The monoisotopic (exact) mass is 451 g/mol. The molecule has 0 fully saturated rings. The Balaban J connectivity index is 1.65. The molecule has 0 aliphatic rings. The number of unbranched alkanes of at least 4 members (excludes halogenated alkanes) is 2. The van der Waals surface area contributed by atoms with Gasteiger partial charge in [-0.15, -0.1) is 0 Å². The molecule has 9 heteroatoms. The standard InChI is InChI=1S/C24H30FN7O/c1-17(33)19-10-8-18(9-11-19)12-15-28-23-30-22(27-14-4-2-3-13-26)31-24(32-23)29-21-7-5-6-20(25)16-21/h5-11,16H,2-4,12-15,26H2,1H3,(H3,27,28,29,30,31,32). The molecular formula is C24H30FN7O. The number of hydrogen-bond acceptors (Lipinski definition) is 8. The second-order valence-corrected chi connectivity index (χ2v) is 7.65. The van der Waals surface area contributed by atoms with Crippen LogP contribution in [-0.4, -0.2) is 40.4 Å². The van der Waals surface area contributed by atoms with Gasteiger partial charge in [0.1, 0.15) is 5.82 Å². The predicted octanol–water partition coefficient (Wildman–Crippen LogP) is 4.15. The van der Waals surface area contributed by atoms with Crippen molar-refractivity contribution in [2.45, 2.75) is 32.6 Å². The number of hydrogen-bond donors (Lipinski definition) is 4. The third kappa shape index (κ3) is 8.12. The Morgan fingerprint density at radius 1 is 0.909 bits per heavy atom. The lowest BCUT2D eigenvalue weighted by Crippen LogP contribution is -2.13. The number of halogens is 1. The molecule has 0 aliphatic carbocycles. The van der Waals surface area contributed by atoms with Crippen molar-refractivity contribution in [3.05, 3.63) is 65.5 Å². The zero-order valence-electron chi connectivity index (χ0n) is 18.8. The van der Waals surface area contributed by atoms with Crippen LogP contribution >= 0.6 is 0 Å². The largest absolute Gasteiger partial charge is 0.354 e. The van der Waals surface area contributed by atoms with Crippen LogP contribution in [0.4, 0.5) is 27.9 Å². The molecule has 1 aromatic heterocycles. The number of nitrogens with zero attached hydrogens (tertiary/aromatic N) is 3. The average molecular weight is 452 g/mol. The van der Waals surface area contributed by atoms with Crippen LogP contribution in [-0.2, 0) is 6.42 Å². The van der Waals surface area contributed by atoms with E-state index in [0.717, 1.165) is 31.2 Å². The fourth-order valence-corrected chi connectivity index (χ4v) is 3.16. The fourth-order valence-electron chi connectivity index (χ4n) is 3.16. The van der Waals surface area contributed by atoms with Crippen LogP contribution in [0.5, 0.6) is 0 Å². The Morgan fingerprint density at radius 2 is 1.61 bits per heavy atom. The van der Waals surface area contributed by atoms with Gasteiger partial charge in [-0.2, -0.15) is 15.0 Å². The smallest absolute Gasteiger partial charge is 0.233 e. The van der Waals surface area contributed by atoms with E-state index < -0.39 is 0 Å². The van der Waals surface area contributed by atoms with Crippen molar-refractivity contribution in [2.24, 2.45) is 5.73 Å². The molecule has 0 unspecified atom stereocenters. The summed E-state index contributed by atoms with van der Waals surface area (Å²) in [5.74, 6) is 0.861. The second-order valence-electron chi connectivity index (χ2n) is 7.65. The molecule has 0 radical (unpaired) electrons. The number of anilines is 4. The number of carbonyl (C=O) groups excluding carboxylic acids is 1. The van der Waals surface area contributed by atoms with Crippen molar-refractivity contribution in [3.8, 4) is 0 Å². The third-order valence-electron chi connectivity index (χ3n) is 4.94. The van der Waals surface area contributed by atoms with Gasteiger partial charge in [0.15, 0.2) is 5.78 Å². The van der Waals surface area contributed by atoms with Crippen molar-refractivity contribution < 1.29 is 9.18 Å². The van der Waals surface area contributed by atoms with Gasteiger partial charge in [-0.25, -0.2) is 4.39 Å². The number of carbonyl (C=O) groups is 1. The topological polar surface area (TPSA) is 118 Å². The predicted molar refractivity (Wildman–Crippen MR) is 130 cm³/mol. The minimum absolute atomic E-state index is 0.0474. The molecule has 0 spiro atoms. The lowest BCUT2D eigenvalue weighted by molar-refractivity contribution is 0.101. The van der Waals surface area contributed by atoms with E-state index >= 15 is 0 Å². The van der Waals surface area contributed by atoms with E-state index in [-0.39, 0.29) is 11.6 Å². The van der Waals surface area contributed by atoms with Crippen LogP contribution in [0.15, 0.2) is 48.5 Å². The number of aromatic nitrogens is 3. The molecule has 5 N–H and O–H groups in total. The zero-order chi connectivity index (χ0) is 23.5. The highest BCUT2D eigenvalue weighted by Gasteiger charge is 2.08. The van der Waals surface area contributed by atoms with Crippen LogP contribution in [0.1, 0.15) is 42.1 Å². The van der Waals surface area contributed by atoms with Gasteiger partial charge in [0.2, 0.25) is 17.8 Å². The summed E-state index contributed by atoms with van der Waals surface area (Å²) in [6.07, 6.45) is 3.69. The molecule has 1 heterocycles. The Morgan fingerprint density at radius 3 is 2.27 bits per heavy atom. The first kappa shape index (κ1) is 24.1. The summed E-state index contributed by atoms with van der Waals surface area (Å²) < 4.78 is 13.5. The quantitative estimate of drug-likeness (QED) is 0.226. The van der Waals surface area contributed by atoms with Gasteiger partial charge in [0.05, 0.1) is 0 Å². The third-order valence-corrected chi connectivity index (χ3v) is 4.94. The average Bonchev–Trinajstić information content (AvgIpc) is 2.79. The fraction of sp³-hybridized carbons (Fsp3) is 0.333. The Hall–Kier alpha value is -3.59. The number of ketones is 1. The van der Waals surface area contributed by atoms with Crippen molar-refractivity contribution in [1.82, 2.24) is 15.0 Å². The zero-order valence-corrected chi connectivity index (χ0v) is 18.8. The number of nitrogens with two attached hydrogens (primary N) is 1. The van der Waals surface area contributed by atoms with E-state index in [2.05, 4.69) is 30.9 Å². The van der Waals surface area contributed by atoms with Gasteiger partial charge in [-0.3, -0.25) is 4.79 Å². The summed E-state index contributed by atoms with van der Waals surface area (Å²) in [6, 6.07) is 13.7. The van der Waals surface area contributed by atoms with E-state index in [1.165, 1.54) is 12.1 Å². The van der Waals surface area contributed by atoms with Gasteiger partial charge < -0.3 is 21.7 Å². The highest BCUT2D eigenvalue weighted by Crippen LogP contribution is 2.17. The van der Waals surface area contributed by atoms with E-state index in [1.807, 2.05) is 24.3 Å². The highest BCUT2D eigenvalue weighted by atomic mass is 19.1. The SMILES string of the molecule is CC(=O)c1ccc(CCNc2nc(NCCCCCN)nc(Nc3cccc(F)c3)n2)cc1. The highest BCUT2D eigenvalue weighted by molar-refractivity contribution is 5.94. The number of Topliss-reactive ketones (excluding diaryl/α,β-unsaturated/α-hetero) is 1. The van der Waals surface area contributed by atoms with Crippen LogP contribution in [0, 0.1) is 5.82 Å². The Kier molecular flexibility index (Phi) is 9.08. The molecule has 0 aliphatic heterocycles. The Bertz CT molecular complexity index is 1040. The van der Waals surface area contributed by atoms with Gasteiger partial charge in [0, 0.05) is 24.3 Å². The van der Waals surface area contributed by atoms with Crippen molar-refractivity contribution in [1.29, 1.82) is 0 Å². The Labute approximate surface area is 193 Å². The summed E-state index contributed by atoms with van der Waals surface area (Å²) >= 11 is 0. The maximum atomic E-state index is 13.5. The first-order valence-electron chi connectivity index (χ1n) is 11.1. The number of nitrogens with one attached hydrogen (secondary N) is 3. The first-order valence-corrected chi connectivity index (χ1v) is 11.1. The lowest BCUT2D eigenvalue weighted by atomic mass is 10.1. The summed E-state index contributed by atoms with van der Waals surface area (Å²) in [5.41, 5.74) is 7.88. The summed E-state index contributed by atoms with van der Waals surface area (Å²) in [4.78, 5) is 24.7. The normalized spacial score (nSPS) is 10.6. The molecule has 0 saturated carbocycles. The molecule has 174 valence electrons. The van der Waals surface area contributed by atoms with Crippen molar-refractivity contribution >= 4 is 29.3 Å². The molecule has 0 bridgehead atoms. The van der Waals surface area contributed by atoms with Gasteiger partial charge in [-0.1, -0.05) is 36.8 Å². The van der Waals surface area contributed by atoms with Crippen molar-refractivity contribution in [3.63, 3.8) is 0 Å². The number of rotatable bonds is 13. The molecule has 33 heavy (non-hydrogen) atoms.